The minimum absolute atomic E-state index is 0.113. The van der Waals surface area contributed by atoms with E-state index in [1.807, 2.05) is 24.6 Å². The van der Waals surface area contributed by atoms with Gasteiger partial charge in [0.1, 0.15) is 24.3 Å². The number of allylic oxidation sites excluding steroid dienone is 5. The van der Waals surface area contributed by atoms with Crippen LogP contribution in [0.1, 0.15) is 19.0 Å². The predicted octanol–water partition coefficient (Wildman–Crippen LogP) is 4.07. The standard InChI is InChI=1S/C22H24N6O2S/c1-3-27-14-19(13-26-27)28(8-4-9-29)25-7-10-30-20-5-6-21(23)18(12-20)11-17(2)22-15-31-16-24-22/h4-9,12-16,18,23H,2-3,10-11H2,1H3/b8-4-,23-21?,25-7+. The van der Waals surface area contributed by atoms with Crippen molar-refractivity contribution in [2.24, 2.45) is 11.0 Å². The second kappa shape index (κ2) is 11.0. The third-order valence-corrected chi connectivity index (χ3v) is 5.08. The zero-order chi connectivity index (χ0) is 22.1. The number of carbonyl (C=O) groups is 1. The van der Waals surface area contributed by atoms with Crippen molar-refractivity contribution >= 4 is 40.8 Å². The summed E-state index contributed by atoms with van der Waals surface area (Å²) in [6.07, 6.45) is 14.8. The monoisotopic (exact) mass is 436 g/mol. The number of aryl methyl sites for hydroxylation is 1. The molecule has 0 fully saturated rings. The SMILES string of the molecule is C=C(CC1C=C(OC/C=N/N(/C=C\C=O)c2cnn(CC)c2)C=CC1=N)c1cscn1. The second-order valence-corrected chi connectivity index (χ2v) is 7.35. The van der Waals surface area contributed by atoms with Crippen LogP contribution in [0.4, 0.5) is 5.69 Å². The summed E-state index contributed by atoms with van der Waals surface area (Å²) in [5.74, 6) is 0.561. The minimum atomic E-state index is -0.113. The van der Waals surface area contributed by atoms with E-state index in [2.05, 4.69) is 21.8 Å². The Bertz CT molecular complexity index is 1030. The summed E-state index contributed by atoms with van der Waals surface area (Å²) >= 11 is 1.53. The zero-order valence-corrected chi connectivity index (χ0v) is 18.0. The molecule has 1 N–H and O–H groups in total. The number of anilines is 1. The maximum absolute atomic E-state index is 10.7. The molecule has 160 valence electrons. The molecule has 2 aromatic rings. The van der Waals surface area contributed by atoms with Gasteiger partial charge in [0.05, 0.1) is 29.8 Å². The number of rotatable bonds is 11. The summed E-state index contributed by atoms with van der Waals surface area (Å²) in [6.45, 7) is 7.06. The third kappa shape index (κ3) is 6.19. The zero-order valence-electron chi connectivity index (χ0n) is 17.2. The van der Waals surface area contributed by atoms with E-state index in [0.717, 1.165) is 23.5 Å². The summed E-state index contributed by atoms with van der Waals surface area (Å²) in [5, 5.41) is 20.3. The maximum Gasteiger partial charge on any atom is 0.144 e. The molecule has 2 aromatic heterocycles. The quantitative estimate of drug-likeness (QED) is 0.248. The Balaban J connectivity index is 1.59. The van der Waals surface area contributed by atoms with Crippen LogP contribution in [0.2, 0.25) is 0 Å². The van der Waals surface area contributed by atoms with Crippen LogP contribution < -0.4 is 5.01 Å². The van der Waals surface area contributed by atoms with Gasteiger partial charge in [0, 0.05) is 29.8 Å². The highest BCUT2D eigenvalue weighted by atomic mass is 32.1. The summed E-state index contributed by atoms with van der Waals surface area (Å²) in [6, 6.07) is 0. The predicted molar refractivity (Wildman–Crippen MR) is 124 cm³/mol. The highest BCUT2D eigenvalue weighted by Crippen LogP contribution is 2.26. The van der Waals surface area contributed by atoms with Crippen LogP contribution in [0.3, 0.4) is 0 Å². The van der Waals surface area contributed by atoms with Gasteiger partial charge in [-0.1, -0.05) is 6.58 Å². The van der Waals surface area contributed by atoms with Crippen molar-refractivity contribution < 1.29 is 9.53 Å². The van der Waals surface area contributed by atoms with Gasteiger partial charge in [0.25, 0.3) is 0 Å². The second-order valence-electron chi connectivity index (χ2n) is 6.63. The Morgan fingerprint density at radius 2 is 2.35 bits per heavy atom. The van der Waals surface area contributed by atoms with Gasteiger partial charge >= 0.3 is 0 Å². The van der Waals surface area contributed by atoms with Gasteiger partial charge in [-0.25, -0.2) is 9.99 Å². The number of aldehydes is 1. The first-order valence-corrected chi connectivity index (χ1v) is 10.7. The van der Waals surface area contributed by atoms with Crippen molar-refractivity contribution in [2.45, 2.75) is 19.9 Å². The molecule has 0 spiro atoms. The fourth-order valence-electron chi connectivity index (χ4n) is 2.87. The summed E-state index contributed by atoms with van der Waals surface area (Å²) in [4.78, 5) is 15.0. The number of nitrogens with one attached hydrogen (secondary N) is 1. The number of aromatic nitrogens is 3. The average molecular weight is 437 g/mol. The third-order valence-electron chi connectivity index (χ3n) is 4.50. The highest BCUT2D eigenvalue weighted by Gasteiger charge is 2.18. The van der Waals surface area contributed by atoms with Crippen molar-refractivity contribution in [1.82, 2.24) is 14.8 Å². The molecular weight excluding hydrogens is 412 g/mol. The molecular formula is C22H24N6O2S. The van der Waals surface area contributed by atoms with Gasteiger partial charge in [0.2, 0.25) is 0 Å². The number of hydrogen-bond acceptors (Lipinski definition) is 8. The van der Waals surface area contributed by atoms with Gasteiger partial charge in [0.15, 0.2) is 0 Å². The van der Waals surface area contributed by atoms with Crippen LogP contribution in [-0.2, 0) is 16.1 Å². The molecule has 3 rings (SSSR count). The van der Waals surface area contributed by atoms with Crippen molar-refractivity contribution in [3.05, 3.63) is 71.8 Å². The fraction of sp³-hybridized carbons (Fsp3) is 0.227. The van der Waals surface area contributed by atoms with Gasteiger partial charge in [-0.2, -0.15) is 10.2 Å². The van der Waals surface area contributed by atoms with Crippen LogP contribution in [0, 0.1) is 11.3 Å². The smallest absolute Gasteiger partial charge is 0.144 e. The number of nitrogens with zero attached hydrogens (tertiary/aromatic N) is 5. The van der Waals surface area contributed by atoms with E-state index in [1.54, 1.807) is 46.0 Å². The lowest BCUT2D eigenvalue weighted by Crippen LogP contribution is -2.15. The van der Waals surface area contributed by atoms with E-state index in [1.165, 1.54) is 17.4 Å². The lowest BCUT2D eigenvalue weighted by molar-refractivity contribution is -0.104. The molecule has 0 aliphatic heterocycles. The van der Waals surface area contributed by atoms with E-state index in [-0.39, 0.29) is 12.5 Å². The van der Waals surface area contributed by atoms with Crippen LogP contribution >= 0.6 is 11.3 Å². The molecule has 1 atom stereocenters. The normalized spacial score (nSPS) is 16.1. The molecule has 0 saturated carbocycles. The Morgan fingerprint density at radius 1 is 1.48 bits per heavy atom. The van der Waals surface area contributed by atoms with E-state index in [4.69, 9.17) is 10.1 Å². The molecule has 2 heterocycles. The van der Waals surface area contributed by atoms with Crippen molar-refractivity contribution in [3.63, 3.8) is 0 Å². The number of ether oxygens (including phenoxy) is 1. The molecule has 0 amide bonds. The fourth-order valence-corrected chi connectivity index (χ4v) is 3.46. The van der Waals surface area contributed by atoms with Gasteiger partial charge in [-0.05, 0) is 43.2 Å². The van der Waals surface area contributed by atoms with Crippen LogP contribution in [0.15, 0.2) is 71.2 Å². The molecule has 31 heavy (non-hydrogen) atoms. The average Bonchev–Trinajstić information content (AvgIpc) is 3.47. The summed E-state index contributed by atoms with van der Waals surface area (Å²) in [7, 11) is 0. The van der Waals surface area contributed by atoms with Crippen molar-refractivity contribution in [2.75, 3.05) is 11.6 Å². The number of thiazole rings is 1. The number of hydrazone groups is 1. The number of carbonyl (C=O) groups excluding carboxylic acids is 1. The van der Waals surface area contributed by atoms with Crippen LogP contribution in [0.25, 0.3) is 5.57 Å². The molecule has 8 nitrogen and oxygen atoms in total. The molecule has 1 aliphatic carbocycles. The molecule has 9 heteroatoms. The molecule has 0 radical (unpaired) electrons. The van der Waals surface area contributed by atoms with Gasteiger partial charge in [-0.15, -0.1) is 11.3 Å². The molecule has 0 aromatic carbocycles. The molecule has 0 bridgehead atoms. The first kappa shape index (κ1) is 22.1. The Kier molecular flexibility index (Phi) is 7.83. The highest BCUT2D eigenvalue weighted by molar-refractivity contribution is 7.07. The minimum Gasteiger partial charge on any atom is -0.488 e. The van der Waals surface area contributed by atoms with Gasteiger partial charge in [-0.3, -0.25) is 9.48 Å². The summed E-state index contributed by atoms with van der Waals surface area (Å²) < 4.78 is 7.57. The lowest BCUT2D eigenvalue weighted by atomic mass is 9.90. The van der Waals surface area contributed by atoms with E-state index in [0.29, 0.717) is 24.2 Å². The first-order valence-electron chi connectivity index (χ1n) is 9.74. The molecule has 1 unspecified atom stereocenters. The van der Waals surface area contributed by atoms with Crippen LogP contribution in [0.5, 0.6) is 0 Å². The van der Waals surface area contributed by atoms with Gasteiger partial charge < -0.3 is 10.1 Å². The Hall–Kier alpha value is -3.59. The Morgan fingerprint density at radius 3 is 3.06 bits per heavy atom. The van der Waals surface area contributed by atoms with E-state index >= 15 is 0 Å². The molecule has 0 saturated heterocycles. The Labute approximate surface area is 185 Å². The van der Waals surface area contributed by atoms with E-state index < -0.39 is 0 Å². The summed E-state index contributed by atoms with van der Waals surface area (Å²) in [5.41, 5.74) is 4.79. The van der Waals surface area contributed by atoms with Crippen molar-refractivity contribution in [3.8, 4) is 0 Å². The number of hydrogen-bond donors (Lipinski definition) is 1. The molecule has 1 aliphatic rings. The largest absolute Gasteiger partial charge is 0.488 e. The van der Waals surface area contributed by atoms with E-state index in [9.17, 15) is 4.79 Å². The topological polar surface area (TPSA) is 96.5 Å². The lowest BCUT2D eigenvalue weighted by Gasteiger charge is -2.18. The van der Waals surface area contributed by atoms with Crippen LogP contribution in [-0.4, -0.2) is 39.6 Å². The van der Waals surface area contributed by atoms with Crippen molar-refractivity contribution in [1.29, 1.82) is 5.41 Å². The maximum atomic E-state index is 10.7. The first-order chi connectivity index (χ1) is 15.1.